The molecular formula is C33H34Cl2N4O7. The molecule has 2 amide bonds. The Bertz CT molecular complexity index is 1630. The lowest BCUT2D eigenvalue weighted by atomic mass is 10.0. The van der Waals surface area contributed by atoms with Crippen LogP contribution in [0.3, 0.4) is 0 Å². The van der Waals surface area contributed by atoms with Gasteiger partial charge in [-0.15, -0.1) is 0 Å². The highest BCUT2D eigenvalue weighted by molar-refractivity contribution is 6.36. The average molecular weight is 670 g/mol. The Morgan fingerprint density at radius 2 is 1.72 bits per heavy atom. The maximum atomic E-state index is 13.9. The minimum Gasteiger partial charge on any atom is -0.481 e. The van der Waals surface area contributed by atoms with Crippen molar-refractivity contribution in [2.24, 2.45) is 0 Å². The fourth-order valence-electron chi connectivity index (χ4n) is 5.41. The largest absolute Gasteiger partial charge is 0.481 e. The Morgan fingerprint density at radius 3 is 2.43 bits per heavy atom. The predicted molar refractivity (Wildman–Crippen MR) is 173 cm³/mol. The number of amides is 2. The van der Waals surface area contributed by atoms with Gasteiger partial charge in [-0.3, -0.25) is 24.2 Å². The van der Waals surface area contributed by atoms with Crippen LogP contribution in [0, 0.1) is 0 Å². The lowest BCUT2D eigenvalue weighted by Crippen LogP contribution is -2.45. The van der Waals surface area contributed by atoms with Crippen molar-refractivity contribution in [3.8, 4) is 11.5 Å². The number of fused-ring (bicyclic) bond motifs is 1. The minimum atomic E-state index is -1.03. The number of benzene rings is 2. The molecule has 242 valence electrons. The molecule has 0 saturated heterocycles. The summed E-state index contributed by atoms with van der Waals surface area (Å²) in [4.78, 5) is 58.3. The first kappa shape index (κ1) is 33.0. The first-order valence-corrected chi connectivity index (χ1v) is 15.9. The Kier molecular flexibility index (Phi) is 10.6. The van der Waals surface area contributed by atoms with E-state index in [1.54, 1.807) is 17.9 Å². The lowest BCUT2D eigenvalue weighted by Gasteiger charge is -2.38. The maximum Gasteiger partial charge on any atom is 0.305 e. The van der Waals surface area contributed by atoms with Crippen LogP contribution in [-0.4, -0.2) is 65.6 Å². The van der Waals surface area contributed by atoms with E-state index in [0.717, 1.165) is 30.8 Å². The molecule has 11 nitrogen and oxygen atoms in total. The molecule has 0 spiro atoms. The number of nitrogens with one attached hydrogen (secondary N) is 1. The number of rotatable bonds is 13. The fourth-order valence-corrected chi connectivity index (χ4v) is 5.85. The molecule has 1 fully saturated rings. The first-order valence-electron chi connectivity index (χ1n) is 15.1. The number of aromatic nitrogens is 1. The van der Waals surface area contributed by atoms with E-state index in [4.69, 9.17) is 37.8 Å². The number of nitrogens with zero attached hydrogens (tertiary/aromatic N) is 3. The molecule has 46 heavy (non-hydrogen) atoms. The maximum absolute atomic E-state index is 13.9. The Labute approximate surface area is 276 Å². The molecule has 1 saturated carbocycles. The number of carbonyl (C=O) groups excluding carboxylic acids is 3. The van der Waals surface area contributed by atoms with E-state index in [2.05, 4.69) is 15.2 Å². The molecule has 1 aliphatic heterocycles. The summed E-state index contributed by atoms with van der Waals surface area (Å²) in [6.45, 7) is 3.12. The van der Waals surface area contributed by atoms with E-state index < -0.39 is 23.9 Å². The first-order chi connectivity index (χ1) is 22.2. The van der Waals surface area contributed by atoms with Crippen molar-refractivity contribution in [3.05, 3.63) is 76.0 Å². The molecule has 3 aromatic rings. The number of esters is 1. The number of carboxylic acids is 1. The quantitative estimate of drug-likeness (QED) is 0.206. The third-order valence-electron chi connectivity index (χ3n) is 7.82. The van der Waals surface area contributed by atoms with Gasteiger partial charge in [0.15, 0.2) is 0 Å². The van der Waals surface area contributed by atoms with Gasteiger partial charge in [0.25, 0.3) is 11.8 Å². The number of halogens is 2. The summed E-state index contributed by atoms with van der Waals surface area (Å²) in [6, 6.07) is 12.0. The van der Waals surface area contributed by atoms with Crippen LogP contribution in [0.4, 0.5) is 11.4 Å². The van der Waals surface area contributed by atoms with Crippen LogP contribution in [0.1, 0.15) is 66.2 Å². The molecule has 0 radical (unpaired) electrons. The molecular weight excluding hydrogens is 635 g/mol. The Balaban J connectivity index is 1.32. The van der Waals surface area contributed by atoms with Gasteiger partial charge in [0.05, 0.1) is 33.6 Å². The molecule has 13 heteroatoms. The van der Waals surface area contributed by atoms with Crippen molar-refractivity contribution in [1.82, 2.24) is 10.3 Å². The number of ether oxygens (including phenoxy) is 2. The number of carbonyl (C=O) groups is 4. The second-order valence-corrected chi connectivity index (χ2v) is 11.9. The second-order valence-electron chi connectivity index (χ2n) is 11.1. The van der Waals surface area contributed by atoms with Crippen molar-refractivity contribution in [3.63, 3.8) is 0 Å². The van der Waals surface area contributed by atoms with Crippen molar-refractivity contribution < 1.29 is 33.8 Å². The van der Waals surface area contributed by atoms with Crippen molar-refractivity contribution in [1.29, 1.82) is 0 Å². The number of pyridine rings is 1. The number of hydrogen-bond acceptors (Lipinski definition) is 8. The van der Waals surface area contributed by atoms with Gasteiger partial charge in [-0.05, 0) is 56.9 Å². The molecule has 1 aromatic heterocycles. The van der Waals surface area contributed by atoms with Crippen LogP contribution in [0.15, 0.2) is 54.9 Å². The zero-order valence-electron chi connectivity index (χ0n) is 25.2. The third kappa shape index (κ3) is 7.89. The van der Waals surface area contributed by atoms with E-state index in [9.17, 15) is 19.2 Å². The van der Waals surface area contributed by atoms with Crippen LogP contribution in [0.2, 0.25) is 10.0 Å². The predicted octanol–water partition coefficient (Wildman–Crippen LogP) is 6.12. The Hall–Kier alpha value is -4.35. The fraction of sp³-hybridized carbons (Fsp3) is 0.364. The molecule has 2 heterocycles. The summed E-state index contributed by atoms with van der Waals surface area (Å²) in [5.41, 5.74) is 2.10. The number of para-hydroxylation sites is 2. The summed E-state index contributed by atoms with van der Waals surface area (Å²) in [7, 11) is 0. The summed E-state index contributed by atoms with van der Waals surface area (Å²) < 4.78 is 11.0. The normalized spacial score (nSPS) is 14.7. The van der Waals surface area contributed by atoms with E-state index >= 15 is 0 Å². The average Bonchev–Trinajstić information content (AvgIpc) is 3.89. The van der Waals surface area contributed by atoms with Gasteiger partial charge < -0.3 is 29.7 Å². The van der Waals surface area contributed by atoms with Gasteiger partial charge in [0.1, 0.15) is 17.1 Å². The molecule has 5 rings (SSSR count). The molecule has 0 bridgehead atoms. The van der Waals surface area contributed by atoms with Gasteiger partial charge >= 0.3 is 11.9 Å². The smallest absolute Gasteiger partial charge is 0.305 e. The van der Waals surface area contributed by atoms with Crippen LogP contribution in [-0.2, 0) is 14.3 Å². The number of aliphatic carboxylic acids is 1. The van der Waals surface area contributed by atoms with E-state index in [1.165, 1.54) is 24.5 Å². The summed E-state index contributed by atoms with van der Waals surface area (Å²) in [5, 5.41) is 12.0. The van der Waals surface area contributed by atoms with Gasteiger partial charge in [0.2, 0.25) is 0 Å². The molecule has 2 aliphatic rings. The number of anilines is 2. The highest BCUT2D eigenvalue weighted by atomic mass is 35.5. The van der Waals surface area contributed by atoms with Gasteiger partial charge in [-0.25, -0.2) is 0 Å². The monoisotopic (exact) mass is 668 g/mol. The molecule has 1 aliphatic carbocycles. The van der Waals surface area contributed by atoms with Gasteiger partial charge in [-0.2, -0.15) is 0 Å². The van der Waals surface area contributed by atoms with Crippen molar-refractivity contribution >= 4 is 58.3 Å². The summed E-state index contributed by atoms with van der Waals surface area (Å²) >= 11 is 13.1. The van der Waals surface area contributed by atoms with E-state index in [-0.39, 0.29) is 70.9 Å². The highest BCUT2D eigenvalue weighted by Crippen LogP contribution is 2.41. The highest BCUT2D eigenvalue weighted by Gasteiger charge is 2.36. The standard InChI is InChI=1S/C33H34Cl2N4O7/c1-2-45-31(42)12-8-20(7-11-30(40)41)37-32(43)22-17-25(35)29(18-24(22)34)46-28-13-14-36-19-23(28)33(44)39-16-15-38(21-9-10-21)26-5-3-4-6-27(26)39/h3-6,13-14,17-21H,2,7-12,15-16H2,1H3,(H,37,43)(H,40,41). The molecule has 2 N–H and O–H groups in total. The topological polar surface area (TPSA) is 138 Å². The SMILES string of the molecule is CCOC(=O)CCC(CCC(=O)O)NC(=O)c1cc(Cl)c(Oc2ccncc2C(=O)N2CCN(C3CC3)c3ccccc32)cc1Cl. The molecule has 1 unspecified atom stereocenters. The second kappa shape index (κ2) is 14.8. The van der Waals surface area contributed by atoms with E-state index in [1.807, 2.05) is 24.3 Å². The van der Waals surface area contributed by atoms with Gasteiger partial charge in [-0.1, -0.05) is 35.3 Å². The minimum absolute atomic E-state index is 0.00838. The summed E-state index contributed by atoms with van der Waals surface area (Å²) in [6.07, 6.45) is 5.32. The lowest BCUT2D eigenvalue weighted by molar-refractivity contribution is -0.143. The summed E-state index contributed by atoms with van der Waals surface area (Å²) in [5.74, 6) is -2.02. The number of hydrogen-bond donors (Lipinski definition) is 2. The van der Waals surface area contributed by atoms with Crippen LogP contribution >= 0.6 is 23.2 Å². The van der Waals surface area contributed by atoms with Crippen LogP contribution in [0.25, 0.3) is 0 Å². The van der Waals surface area contributed by atoms with Crippen molar-refractivity contribution in [2.45, 2.75) is 57.5 Å². The van der Waals surface area contributed by atoms with Gasteiger partial charge in [0, 0.05) is 56.5 Å². The Morgan fingerprint density at radius 1 is 0.978 bits per heavy atom. The van der Waals surface area contributed by atoms with Crippen LogP contribution in [0.5, 0.6) is 11.5 Å². The zero-order valence-corrected chi connectivity index (χ0v) is 26.7. The number of carboxylic acid groups (broad SMARTS) is 1. The van der Waals surface area contributed by atoms with Crippen molar-refractivity contribution in [2.75, 3.05) is 29.5 Å². The molecule has 2 aromatic carbocycles. The third-order valence-corrected chi connectivity index (χ3v) is 8.43. The molecule has 1 atom stereocenters. The van der Waals surface area contributed by atoms with Crippen LogP contribution < -0.4 is 19.9 Å². The zero-order chi connectivity index (χ0) is 32.8. The van der Waals surface area contributed by atoms with E-state index in [0.29, 0.717) is 12.6 Å².